The van der Waals surface area contributed by atoms with Gasteiger partial charge in [-0.1, -0.05) is 60.2 Å². The van der Waals surface area contributed by atoms with E-state index < -0.39 is 23.6 Å². The summed E-state index contributed by atoms with van der Waals surface area (Å²) in [7, 11) is 0. The zero-order chi connectivity index (χ0) is 49.9. The lowest BCUT2D eigenvalue weighted by Gasteiger charge is -2.25. The summed E-state index contributed by atoms with van der Waals surface area (Å²) in [4.78, 5) is 60.0. The largest absolute Gasteiger partial charge is 0.490 e. The number of carbonyl (C=O) groups excluding carboxylic acids is 4. The molecule has 74 heavy (non-hydrogen) atoms. The number of nitrogen functional groups attached to an aromatic ring is 1. The molecule has 0 atom stereocenters. The molecule has 5 fully saturated rings. The van der Waals surface area contributed by atoms with Gasteiger partial charge in [-0.15, -0.1) is 0 Å². The van der Waals surface area contributed by atoms with Gasteiger partial charge in [0.25, 0.3) is 23.6 Å². The SMILES string of the molecule is Cc1ccc(-c2ccc3c(c2)C(=O)N(c2ccc(-c4ccc(-c5cc(OC6CC6)c(N6C(=O)c7ccc(-c8ccc(N)cc8)cc7C6=O)cc5OC5CC5)c(OC5CC5)c4OC4CC4)cc2OC2CC2)C3=O)cc1. The van der Waals surface area contributed by atoms with Gasteiger partial charge >= 0.3 is 0 Å². The molecule has 0 radical (unpaired) electrons. The van der Waals surface area contributed by atoms with E-state index in [0.717, 1.165) is 109 Å². The van der Waals surface area contributed by atoms with Gasteiger partial charge in [0.2, 0.25) is 0 Å². The number of nitrogens with two attached hydrogens (primary N) is 1. The van der Waals surface area contributed by atoms with Crippen molar-refractivity contribution in [3.8, 4) is 73.3 Å². The average molecular weight is 982 g/mol. The fourth-order valence-electron chi connectivity index (χ4n) is 9.82. The minimum atomic E-state index is -0.443. The first-order valence-electron chi connectivity index (χ1n) is 25.9. The molecular formula is C62H51N3O9. The second-order valence-electron chi connectivity index (χ2n) is 20.8. The molecule has 12 heteroatoms. The summed E-state index contributed by atoms with van der Waals surface area (Å²) in [5.41, 5.74) is 16.2. The van der Waals surface area contributed by atoms with E-state index in [-0.39, 0.29) is 30.5 Å². The van der Waals surface area contributed by atoms with Crippen LogP contribution in [-0.4, -0.2) is 54.1 Å². The number of anilines is 3. The van der Waals surface area contributed by atoms with Crippen LogP contribution < -0.4 is 39.2 Å². The second-order valence-corrected chi connectivity index (χ2v) is 20.8. The molecule has 5 saturated carbocycles. The molecule has 0 bridgehead atoms. The van der Waals surface area contributed by atoms with Crippen molar-refractivity contribution >= 4 is 40.7 Å². The van der Waals surface area contributed by atoms with Gasteiger partial charge in [0.15, 0.2) is 11.5 Å². The van der Waals surface area contributed by atoms with Crippen LogP contribution in [0.3, 0.4) is 0 Å². The first-order chi connectivity index (χ1) is 36.1. The monoisotopic (exact) mass is 981 g/mol. The van der Waals surface area contributed by atoms with Crippen LogP contribution in [0.25, 0.3) is 44.5 Å². The van der Waals surface area contributed by atoms with E-state index in [0.29, 0.717) is 73.6 Å². The Morgan fingerprint density at radius 3 is 1.30 bits per heavy atom. The first-order valence-corrected chi connectivity index (χ1v) is 25.9. The third kappa shape index (κ3) is 8.18. The van der Waals surface area contributed by atoms with Gasteiger partial charge in [-0.3, -0.25) is 19.2 Å². The zero-order valence-corrected chi connectivity index (χ0v) is 40.7. The molecule has 368 valence electrons. The number of amides is 4. The van der Waals surface area contributed by atoms with E-state index in [2.05, 4.69) is 0 Å². The van der Waals surface area contributed by atoms with Crippen molar-refractivity contribution in [2.24, 2.45) is 0 Å². The Kier molecular flexibility index (Phi) is 10.3. The van der Waals surface area contributed by atoms with Crippen molar-refractivity contribution in [1.82, 2.24) is 0 Å². The Bertz CT molecular complexity index is 3530. The molecule has 5 aliphatic carbocycles. The molecule has 2 aliphatic heterocycles. The Labute approximate surface area is 427 Å². The molecule has 2 heterocycles. The molecule has 12 nitrogen and oxygen atoms in total. The maximum atomic E-state index is 14.6. The summed E-state index contributed by atoms with van der Waals surface area (Å²) in [6, 6.07) is 39.6. The van der Waals surface area contributed by atoms with Crippen LogP contribution in [0.2, 0.25) is 0 Å². The summed E-state index contributed by atoms with van der Waals surface area (Å²) >= 11 is 0. The Hall–Kier alpha value is -8.38. The number of ether oxygens (including phenoxy) is 5. The summed E-state index contributed by atoms with van der Waals surface area (Å²) in [6.45, 7) is 2.03. The van der Waals surface area contributed by atoms with Crippen LogP contribution in [0.15, 0.2) is 127 Å². The highest BCUT2D eigenvalue weighted by Gasteiger charge is 2.43. The normalized spacial score (nSPS) is 17.9. The second kappa shape index (κ2) is 17.1. The fraction of sp³-hybridized carbons (Fsp3) is 0.258. The van der Waals surface area contributed by atoms with E-state index in [1.807, 2.05) is 97.9 Å². The van der Waals surface area contributed by atoms with Gasteiger partial charge in [0, 0.05) is 28.4 Å². The number of aryl methyl sites for hydroxylation is 1. The molecule has 7 aliphatic rings. The third-order valence-electron chi connectivity index (χ3n) is 14.7. The first kappa shape index (κ1) is 44.3. The van der Waals surface area contributed by atoms with Crippen molar-refractivity contribution in [3.63, 3.8) is 0 Å². The standard InChI is InChI=1S/C62H51N3O9/c1-33-2-4-34(5-3-33)36-8-23-47-50(28-36)61(68)64(59(47)66)52-27-10-38(30-55(52)71-41-15-16-41)45-25-26-46(58(74-44-21-22-44)57(45)73-43-19-20-43)49-31-56(72-42-17-18-42)53(32-54(49)70-40-13-14-40)65-60(67)48-24-9-37(29-51(48)62(65)69)35-6-11-39(63)12-7-35/h2-12,23-32,40-44H,13-22,63H2,1H3. The van der Waals surface area contributed by atoms with E-state index in [4.69, 9.17) is 29.4 Å². The lowest BCUT2D eigenvalue weighted by molar-refractivity contribution is 0.0909. The number of fused-ring (bicyclic) bond motifs is 2. The van der Waals surface area contributed by atoms with Crippen molar-refractivity contribution in [3.05, 3.63) is 155 Å². The quantitative estimate of drug-likeness (QED) is 0.0733. The Morgan fingerprint density at radius 2 is 0.757 bits per heavy atom. The number of nitrogens with zero attached hydrogens (tertiary/aromatic N) is 2. The maximum Gasteiger partial charge on any atom is 0.266 e. The number of carbonyl (C=O) groups is 4. The van der Waals surface area contributed by atoms with Crippen molar-refractivity contribution in [1.29, 1.82) is 0 Å². The molecule has 0 unspecified atom stereocenters. The molecular weight excluding hydrogens is 931 g/mol. The summed E-state index contributed by atoms with van der Waals surface area (Å²) < 4.78 is 33.9. The highest BCUT2D eigenvalue weighted by Crippen LogP contribution is 2.54. The lowest BCUT2D eigenvalue weighted by atomic mass is 9.96. The summed E-state index contributed by atoms with van der Waals surface area (Å²) in [6.07, 6.45) is 8.48. The molecule has 0 spiro atoms. The number of benzene rings is 7. The van der Waals surface area contributed by atoms with Crippen LogP contribution in [-0.2, 0) is 0 Å². The van der Waals surface area contributed by atoms with Crippen LogP contribution in [0.1, 0.15) is 111 Å². The van der Waals surface area contributed by atoms with Gasteiger partial charge in [-0.2, -0.15) is 0 Å². The number of imide groups is 2. The van der Waals surface area contributed by atoms with Crippen molar-refractivity contribution in [2.75, 3.05) is 15.5 Å². The lowest BCUT2D eigenvalue weighted by Crippen LogP contribution is -2.30. The zero-order valence-electron chi connectivity index (χ0n) is 40.7. The Morgan fingerprint density at radius 1 is 0.351 bits per heavy atom. The van der Waals surface area contributed by atoms with Gasteiger partial charge in [0.1, 0.15) is 17.2 Å². The molecule has 2 N–H and O–H groups in total. The van der Waals surface area contributed by atoms with E-state index >= 15 is 0 Å². The van der Waals surface area contributed by atoms with Crippen molar-refractivity contribution < 1.29 is 42.9 Å². The van der Waals surface area contributed by atoms with E-state index in [9.17, 15) is 19.2 Å². The number of hydrogen-bond acceptors (Lipinski definition) is 10. The van der Waals surface area contributed by atoms with Gasteiger partial charge < -0.3 is 29.4 Å². The van der Waals surface area contributed by atoms with Crippen molar-refractivity contribution in [2.45, 2.75) is 102 Å². The Balaban J connectivity index is 0.863. The average Bonchev–Trinajstić information content (AvgIpc) is 4.18. The molecule has 14 rings (SSSR count). The van der Waals surface area contributed by atoms with Crippen LogP contribution in [0.5, 0.6) is 28.7 Å². The number of hydrogen-bond donors (Lipinski definition) is 1. The van der Waals surface area contributed by atoms with Gasteiger partial charge in [-0.25, -0.2) is 9.80 Å². The van der Waals surface area contributed by atoms with Gasteiger partial charge in [-0.05, 0) is 166 Å². The van der Waals surface area contributed by atoms with Gasteiger partial charge in [0.05, 0.1) is 64.1 Å². The fourth-order valence-corrected chi connectivity index (χ4v) is 9.82. The smallest absolute Gasteiger partial charge is 0.266 e. The summed E-state index contributed by atoms with van der Waals surface area (Å²) in [5, 5.41) is 0. The highest BCUT2D eigenvalue weighted by molar-refractivity contribution is 6.36. The predicted octanol–water partition coefficient (Wildman–Crippen LogP) is 12.6. The predicted molar refractivity (Wildman–Crippen MR) is 281 cm³/mol. The van der Waals surface area contributed by atoms with E-state index in [1.165, 1.54) is 9.80 Å². The summed E-state index contributed by atoms with van der Waals surface area (Å²) in [5.74, 6) is 0.747. The molecule has 0 saturated heterocycles. The topological polar surface area (TPSA) is 147 Å². The van der Waals surface area contributed by atoms with Crippen LogP contribution in [0.4, 0.5) is 17.1 Å². The third-order valence-corrected chi connectivity index (χ3v) is 14.7. The van der Waals surface area contributed by atoms with E-state index in [1.54, 1.807) is 36.4 Å². The molecule has 7 aromatic rings. The maximum absolute atomic E-state index is 14.6. The number of rotatable bonds is 16. The molecule has 4 amide bonds. The minimum Gasteiger partial charge on any atom is -0.490 e. The minimum absolute atomic E-state index is 0.0251. The van der Waals surface area contributed by atoms with Crippen LogP contribution in [0, 0.1) is 6.92 Å². The molecule has 7 aromatic carbocycles. The molecule has 0 aromatic heterocycles. The highest BCUT2D eigenvalue weighted by atomic mass is 16.5. The van der Waals surface area contributed by atoms with Crippen LogP contribution >= 0.6 is 0 Å².